The summed E-state index contributed by atoms with van der Waals surface area (Å²) >= 11 is 0. The van der Waals surface area contributed by atoms with E-state index < -0.39 is 6.10 Å². The van der Waals surface area contributed by atoms with Crippen LogP contribution < -0.4 is 0 Å². The molecule has 5 nitrogen and oxygen atoms in total. The third-order valence-electron chi connectivity index (χ3n) is 5.57. The molecule has 1 fully saturated rings. The van der Waals surface area contributed by atoms with Crippen molar-refractivity contribution in [3.8, 4) is 0 Å². The van der Waals surface area contributed by atoms with Gasteiger partial charge in [-0.2, -0.15) is 0 Å². The van der Waals surface area contributed by atoms with Crippen LogP contribution in [0, 0.1) is 11.3 Å². The van der Waals surface area contributed by atoms with Gasteiger partial charge in [-0.05, 0) is 54.4 Å². The number of hydrogen-bond donors (Lipinski definition) is 1. The van der Waals surface area contributed by atoms with Gasteiger partial charge in [-0.3, -0.25) is 0 Å². The molecule has 0 aromatic rings. The van der Waals surface area contributed by atoms with Crippen molar-refractivity contribution < 1.29 is 24.1 Å². The molecule has 0 saturated carbocycles. The molecule has 1 heterocycles. The maximum Gasteiger partial charge on any atom is 0.338 e. The fourth-order valence-electron chi connectivity index (χ4n) is 4.39. The van der Waals surface area contributed by atoms with Crippen molar-refractivity contribution in [2.24, 2.45) is 11.3 Å². The van der Waals surface area contributed by atoms with Crippen molar-refractivity contribution in [2.45, 2.75) is 52.2 Å². The lowest BCUT2D eigenvalue weighted by Crippen LogP contribution is -2.27. The van der Waals surface area contributed by atoms with E-state index in [4.69, 9.17) is 14.2 Å². The third kappa shape index (κ3) is 3.27. The Kier molecular flexibility index (Phi) is 5.07. The van der Waals surface area contributed by atoms with Gasteiger partial charge in [-0.1, -0.05) is 13.8 Å². The average molecular weight is 348 g/mol. The Morgan fingerprint density at radius 1 is 1.44 bits per heavy atom. The van der Waals surface area contributed by atoms with E-state index in [1.807, 2.05) is 13.0 Å². The van der Waals surface area contributed by atoms with Crippen LogP contribution in [0.2, 0.25) is 0 Å². The zero-order valence-electron chi connectivity index (χ0n) is 15.5. The summed E-state index contributed by atoms with van der Waals surface area (Å²) in [7, 11) is 1.65. The predicted octanol–water partition coefficient (Wildman–Crippen LogP) is 2.90. The van der Waals surface area contributed by atoms with Gasteiger partial charge in [0.15, 0.2) is 0 Å². The molecule has 1 saturated heterocycles. The number of carbonyl (C=O) groups is 1. The Labute approximate surface area is 149 Å². The summed E-state index contributed by atoms with van der Waals surface area (Å²) in [5.74, 6) is -0.710. The molecule has 0 bridgehead atoms. The molecule has 3 aliphatic rings. The molecular weight excluding hydrogens is 320 g/mol. The van der Waals surface area contributed by atoms with Gasteiger partial charge >= 0.3 is 5.97 Å². The van der Waals surface area contributed by atoms with Gasteiger partial charge in [-0.25, -0.2) is 4.79 Å². The van der Waals surface area contributed by atoms with Gasteiger partial charge in [0.1, 0.15) is 12.7 Å². The van der Waals surface area contributed by atoms with E-state index in [1.54, 1.807) is 7.11 Å². The molecule has 25 heavy (non-hydrogen) atoms. The van der Waals surface area contributed by atoms with Gasteiger partial charge in [0, 0.05) is 7.11 Å². The van der Waals surface area contributed by atoms with E-state index in [9.17, 15) is 9.90 Å². The number of ether oxygens (including phenoxy) is 3. The molecule has 0 aromatic carbocycles. The summed E-state index contributed by atoms with van der Waals surface area (Å²) in [4.78, 5) is 12.3. The highest BCUT2D eigenvalue weighted by atomic mass is 16.6. The second-order valence-corrected chi connectivity index (χ2v) is 7.86. The Hall–Kier alpha value is -1.59. The van der Waals surface area contributed by atoms with Crippen molar-refractivity contribution in [1.29, 1.82) is 0 Å². The van der Waals surface area contributed by atoms with E-state index in [-0.39, 0.29) is 23.4 Å². The van der Waals surface area contributed by atoms with Crippen molar-refractivity contribution in [3.63, 3.8) is 0 Å². The lowest BCUT2D eigenvalue weighted by molar-refractivity contribution is -0.138. The first-order valence-electron chi connectivity index (χ1n) is 8.95. The quantitative estimate of drug-likeness (QED) is 0.272. The lowest BCUT2D eigenvalue weighted by Gasteiger charge is -2.34. The van der Waals surface area contributed by atoms with Gasteiger partial charge in [-0.15, -0.1) is 0 Å². The molecule has 0 amide bonds. The molecule has 2 aliphatic carbocycles. The monoisotopic (exact) mass is 348 g/mol. The number of rotatable bonds is 5. The first-order valence-corrected chi connectivity index (χ1v) is 8.95. The summed E-state index contributed by atoms with van der Waals surface area (Å²) in [6.07, 6.45) is 5.40. The van der Waals surface area contributed by atoms with Crippen molar-refractivity contribution in [3.05, 3.63) is 34.6 Å². The smallest absolute Gasteiger partial charge is 0.338 e. The van der Waals surface area contributed by atoms with Crippen LogP contribution in [-0.4, -0.2) is 43.6 Å². The summed E-state index contributed by atoms with van der Waals surface area (Å²) in [6, 6.07) is 0. The number of fused-ring (bicyclic) bond motifs is 2. The second-order valence-electron chi connectivity index (χ2n) is 7.86. The highest BCUT2D eigenvalue weighted by molar-refractivity contribution is 5.92. The number of aliphatic hydroxyl groups excluding tert-OH is 1. The molecule has 3 rings (SSSR count). The molecule has 3 unspecified atom stereocenters. The Morgan fingerprint density at radius 2 is 2.20 bits per heavy atom. The fraction of sp³-hybridized carbons (Fsp3) is 0.650. The second kappa shape index (κ2) is 6.96. The average Bonchev–Trinajstić information content (AvgIpc) is 2.99. The van der Waals surface area contributed by atoms with Crippen molar-refractivity contribution in [2.75, 3.05) is 20.3 Å². The molecule has 138 valence electrons. The minimum atomic E-state index is -0.647. The summed E-state index contributed by atoms with van der Waals surface area (Å²) in [5.41, 5.74) is 3.67. The number of hydrogen-bond acceptors (Lipinski definition) is 5. The fourth-order valence-corrected chi connectivity index (χ4v) is 4.39. The summed E-state index contributed by atoms with van der Waals surface area (Å²) in [6.45, 7) is 7.22. The van der Waals surface area contributed by atoms with Crippen LogP contribution in [0.5, 0.6) is 0 Å². The minimum absolute atomic E-state index is 0.0371. The normalized spacial score (nSPS) is 32.7. The highest BCUT2D eigenvalue weighted by Gasteiger charge is 2.56. The Balaban J connectivity index is 1.76. The van der Waals surface area contributed by atoms with E-state index in [1.165, 1.54) is 6.26 Å². The first-order chi connectivity index (χ1) is 11.9. The van der Waals surface area contributed by atoms with Gasteiger partial charge < -0.3 is 19.3 Å². The molecule has 0 aromatic heterocycles. The molecule has 0 radical (unpaired) electrons. The van der Waals surface area contributed by atoms with Gasteiger partial charge in [0.2, 0.25) is 0 Å². The molecule has 1 N–H and O–H groups in total. The van der Waals surface area contributed by atoms with Crippen LogP contribution in [0.25, 0.3) is 0 Å². The maximum atomic E-state index is 12.3. The van der Waals surface area contributed by atoms with Crippen LogP contribution in [-0.2, 0) is 19.0 Å². The van der Waals surface area contributed by atoms with Crippen molar-refractivity contribution >= 4 is 5.97 Å². The SMILES string of the molecule is COCC(C)=CCOC=C1C(=O)OC2C3=C(CCCC3(C)C)C(O)C12. The van der Waals surface area contributed by atoms with E-state index in [0.717, 1.165) is 36.0 Å². The topological polar surface area (TPSA) is 65.0 Å². The van der Waals surface area contributed by atoms with Crippen LogP contribution in [0.1, 0.15) is 40.0 Å². The van der Waals surface area contributed by atoms with Crippen LogP contribution in [0.3, 0.4) is 0 Å². The predicted molar refractivity (Wildman–Crippen MR) is 93.7 cm³/mol. The van der Waals surface area contributed by atoms with Crippen molar-refractivity contribution in [1.82, 2.24) is 0 Å². The van der Waals surface area contributed by atoms with E-state index in [0.29, 0.717) is 18.8 Å². The van der Waals surface area contributed by atoms with E-state index in [2.05, 4.69) is 13.8 Å². The molecule has 0 spiro atoms. The summed E-state index contributed by atoms with van der Waals surface area (Å²) < 4.78 is 16.2. The Morgan fingerprint density at radius 3 is 2.92 bits per heavy atom. The summed E-state index contributed by atoms with van der Waals surface area (Å²) in [5, 5.41) is 10.8. The van der Waals surface area contributed by atoms with Gasteiger partial charge in [0.25, 0.3) is 0 Å². The standard InChI is InChI=1S/C20H28O5/c1-12(10-23-4)7-9-24-11-14-15-17(21)13-6-5-8-20(2,3)16(13)18(15)25-19(14)22/h7,11,15,17-18,21H,5-6,8-10H2,1-4H3. The maximum absolute atomic E-state index is 12.3. The Bertz CT molecular complexity index is 640. The molecular formula is C20H28O5. The minimum Gasteiger partial charge on any atom is -0.497 e. The zero-order chi connectivity index (χ0) is 18.2. The molecule has 1 aliphatic heterocycles. The van der Waals surface area contributed by atoms with Crippen LogP contribution in [0.15, 0.2) is 34.6 Å². The largest absolute Gasteiger partial charge is 0.497 e. The van der Waals surface area contributed by atoms with Gasteiger partial charge in [0.05, 0.1) is 30.5 Å². The number of methoxy groups -OCH3 is 1. The number of aliphatic hydroxyl groups is 1. The first kappa shape index (κ1) is 18.2. The van der Waals surface area contributed by atoms with E-state index >= 15 is 0 Å². The molecule has 3 atom stereocenters. The van der Waals surface area contributed by atoms with Crippen LogP contribution in [0.4, 0.5) is 0 Å². The molecule has 5 heteroatoms. The van der Waals surface area contributed by atoms with Crippen LogP contribution >= 0.6 is 0 Å². The number of esters is 1. The highest BCUT2D eigenvalue weighted by Crippen LogP contribution is 2.54. The number of carbonyl (C=O) groups excluding carboxylic acids is 1. The third-order valence-corrected chi connectivity index (χ3v) is 5.57. The lowest BCUT2D eigenvalue weighted by atomic mass is 9.72. The zero-order valence-corrected chi connectivity index (χ0v) is 15.5.